The number of hydrogen-bond acceptors (Lipinski definition) is 6. The molecule has 8 nitrogen and oxygen atoms in total. The van der Waals surface area contributed by atoms with Crippen LogP contribution in [0, 0.1) is 0 Å². The Bertz CT molecular complexity index is 943. The third-order valence-corrected chi connectivity index (χ3v) is 3.94. The molecule has 1 aromatic heterocycles. The smallest absolute Gasteiger partial charge is 0.418 e. The van der Waals surface area contributed by atoms with Crippen molar-refractivity contribution in [2.24, 2.45) is 5.10 Å². The van der Waals surface area contributed by atoms with Gasteiger partial charge >= 0.3 is 12.1 Å². The first-order valence-corrected chi connectivity index (χ1v) is 8.05. The second-order valence-corrected chi connectivity index (χ2v) is 5.62. The summed E-state index contributed by atoms with van der Waals surface area (Å²) in [5, 5.41) is 5.32. The van der Waals surface area contributed by atoms with Crippen LogP contribution in [0.1, 0.15) is 11.3 Å². The number of aromatic nitrogens is 1. The Balaban J connectivity index is 1.97. The molecule has 2 aromatic rings. The molecule has 1 aliphatic rings. The molecule has 1 aliphatic heterocycles. The highest BCUT2D eigenvalue weighted by molar-refractivity contribution is 6.52. The molecule has 0 atom stereocenters. The van der Waals surface area contributed by atoms with E-state index in [0.717, 1.165) is 5.56 Å². The van der Waals surface area contributed by atoms with E-state index in [1.165, 1.54) is 36.1 Å². The van der Waals surface area contributed by atoms with Gasteiger partial charge in [0.25, 0.3) is 5.91 Å². The molecule has 0 saturated carbocycles. The summed E-state index contributed by atoms with van der Waals surface area (Å²) in [4.78, 5) is 36.7. The van der Waals surface area contributed by atoms with Crippen LogP contribution < -0.4 is 0 Å². The molecule has 1 aromatic carbocycles. The number of methoxy groups -OCH3 is 2. The third-order valence-electron chi connectivity index (χ3n) is 3.94. The Hall–Kier alpha value is -3.68. The van der Waals surface area contributed by atoms with Gasteiger partial charge in [-0.15, -0.1) is 0 Å². The largest absolute Gasteiger partial charge is 0.464 e. The summed E-state index contributed by atoms with van der Waals surface area (Å²) in [5.74, 6) is -1.20. The second kappa shape index (κ2) is 7.69. The van der Waals surface area contributed by atoms with Crippen molar-refractivity contribution in [2.45, 2.75) is 6.54 Å². The first kappa shape index (κ1) is 18.1. The second-order valence-electron chi connectivity index (χ2n) is 5.62. The van der Waals surface area contributed by atoms with Gasteiger partial charge in [0.05, 0.1) is 32.0 Å². The lowest BCUT2D eigenvalue weighted by Crippen LogP contribution is -2.23. The quantitative estimate of drug-likeness (QED) is 0.609. The summed E-state index contributed by atoms with van der Waals surface area (Å²) in [5.41, 5.74) is 1.17. The average molecular weight is 367 g/mol. The number of benzene rings is 1. The van der Waals surface area contributed by atoms with Crippen molar-refractivity contribution in [3.8, 4) is 0 Å². The van der Waals surface area contributed by atoms with E-state index in [-0.39, 0.29) is 17.8 Å². The zero-order valence-electron chi connectivity index (χ0n) is 14.8. The van der Waals surface area contributed by atoms with E-state index in [1.807, 2.05) is 30.3 Å². The molecule has 0 aliphatic carbocycles. The molecule has 3 rings (SSSR count). The minimum Gasteiger partial charge on any atom is -0.464 e. The van der Waals surface area contributed by atoms with Crippen molar-refractivity contribution in [3.63, 3.8) is 0 Å². The van der Waals surface area contributed by atoms with Crippen LogP contribution in [0.5, 0.6) is 0 Å². The number of rotatable bonds is 4. The Morgan fingerprint density at radius 3 is 2.48 bits per heavy atom. The summed E-state index contributed by atoms with van der Waals surface area (Å²) < 4.78 is 10.7. The monoisotopic (exact) mass is 367 g/mol. The van der Waals surface area contributed by atoms with Gasteiger partial charge in [0, 0.05) is 6.20 Å². The summed E-state index contributed by atoms with van der Waals surface area (Å²) in [6.45, 7) is 0.204. The maximum absolute atomic E-state index is 12.8. The van der Waals surface area contributed by atoms with Gasteiger partial charge in [0.2, 0.25) is 0 Å². The van der Waals surface area contributed by atoms with Gasteiger partial charge in [-0.1, -0.05) is 30.3 Å². The van der Waals surface area contributed by atoms with Gasteiger partial charge < -0.3 is 9.47 Å². The SMILES string of the molecule is COC(=O)C1=NN(Cc2ccccc2)C(=O)/C1=C\c1cccn1C(=O)OC. The Morgan fingerprint density at radius 2 is 1.81 bits per heavy atom. The first-order valence-electron chi connectivity index (χ1n) is 8.05. The number of hydrazone groups is 1. The molecular formula is C19H17N3O5. The third kappa shape index (κ3) is 3.64. The van der Waals surface area contributed by atoms with Gasteiger partial charge in [-0.2, -0.15) is 5.10 Å². The van der Waals surface area contributed by atoms with E-state index in [1.54, 1.807) is 12.1 Å². The fourth-order valence-corrected chi connectivity index (χ4v) is 2.63. The van der Waals surface area contributed by atoms with Crippen LogP contribution in [-0.4, -0.2) is 47.5 Å². The predicted molar refractivity (Wildman–Crippen MR) is 96.7 cm³/mol. The lowest BCUT2D eigenvalue weighted by Gasteiger charge is -2.11. The van der Waals surface area contributed by atoms with Crippen molar-refractivity contribution in [2.75, 3.05) is 14.2 Å². The standard InChI is InChI=1S/C19H17N3O5/c1-26-18(24)16-15(11-14-9-6-10-21(14)19(25)27-2)17(23)22(20-16)12-13-7-4-3-5-8-13/h3-11H,12H2,1-2H3/b15-11-. The number of nitrogens with zero attached hydrogens (tertiary/aromatic N) is 3. The number of carbonyl (C=O) groups excluding carboxylic acids is 3. The van der Waals surface area contributed by atoms with Crippen LogP contribution in [0.3, 0.4) is 0 Å². The van der Waals surface area contributed by atoms with E-state index in [2.05, 4.69) is 5.10 Å². The fraction of sp³-hybridized carbons (Fsp3) is 0.158. The van der Waals surface area contributed by atoms with E-state index >= 15 is 0 Å². The minimum absolute atomic E-state index is 0.0432. The highest BCUT2D eigenvalue weighted by Gasteiger charge is 2.35. The van der Waals surface area contributed by atoms with Crippen LogP contribution in [-0.2, 0) is 25.6 Å². The van der Waals surface area contributed by atoms with Crippen LogP contribution in [0.2, 0.25) is 0 Å². The number of esters is 1. The summed E-state index contributed by atoms with van der Waals surface area (Å²) in [7, 11) is 2.47. The topological polar surface area (TPSA) is 90.2 Å². The van der Waals surface area contributed by atoms with Gasteiger partial charge in [-0.05, 0) is 23.8 Å². The molecule has 1 amide bonds. The number of hydrogen-bond donors (Lipinski definition) is 0. The average Bonchev–Trinajstić information content (AvgIpc) is 3.28. The first-order chi connectivity index (χ1) is 13.0. The highest BCUT2D eigenvalue weighted by atomic mass is 16.5. The lowest BCUT2D eigenvalue weighted by molar-refractivity contribution is -0.132. The predicted octanol–water partition coefficient (Wildman–Crippen LogP) is 2.06. The molecule has 138 valence electrons. The Labute approximate surface area is 155 Å². The molecule has 0 spiro atoms. The molecule has 8 heteroatoms. The molecule has 27 heavy (non-hydrogen) atoms. The summed E-state index contributed by atoms with van der Waals surface area (Å²) in [6, 6.07) is 12.5. The number of ether oxygens (including phenoxy) is 2. The van der Waals surface area contributed by atoms with Gasteiger partial charge in [-0.3, -0.25) is 9.36 Å². The molecule has 0 saturated heterocycles. The zero-order chi connectivity index (χ0) is 19.4. The van der Waals surface area contributed by atoms with E-state index in [0.29, 0.717) is 5.69 Å². The summed E-state index contributed by atoms with van der Waals surface area (Å²) >= 11 is 0. The normalized spacial score (nSPS) is 15.0. The lowest BCUT2D eigenvalue weighted by atomic mass is 10.1. The minimum atomic E-state index is -0.735. The molecule has 0 N–H and O–H groups in total. The van der Waals surface area contributed by atoms with Crippen molar-refractivity contribution < 1.29 is 23.9 Å². The maximum atomic E-state index is 12.8. The van der Waals surface area contributed by atoms with Gasteiger partial charge in [0.15, 0.2) is 5.71 Å². The number of carbonyl (C=O) groups is 3. The van der Waals surface area contributed by atoms with Crippen molar-refractivity contribution in [3.05, 3.63) is 65.5 Å². The molecule has 0 fully saturated rings. The van der Waals surface area contributed by atoms with Crippen molar-refractivity contribution in [1.82, 2.24) is 9.58 Å². The van der Waals surface area contributed by atoms with Crippen LogP contribution in [0.15, 0.2) is 59.3 Å². The van der Waals surface area contributed by atoms with Crippen molar-refractivity contribution in [1.29, 1.82) is 0 Å². The Morgan fingerprint density at radius 1 is 1.07 bits per heavy atom. The van der Waals surface area contributed by atoms with Gasteiger partial charge in [-0.25, -0.2) is 14.6 Å². The van der Waals surface area contributed by atoms with Crippen LogP contribution in [0.4, 0.5) is 4.79 Å². The molecule has 0 unspecified atom stereocenters. The molecule has 2 heterocycles. The molecular weight excluding hydrogens is 350 g/mol. The summed E-state index contributed by atoms with van der Waals surface area (Å²) in [6.07, 6.45) is 2.30. The van der Waals surface area contributed by atoms with E-state index < -0.39 is 18.0 Å². The highest BCUT2D eigenvalue weighted by Crippen LogP contribution is 2.22. The van der Waals surface area contributed by atoms with E-state index in [9.17, 15) is 14.4 Å². The van der Waals surface area contributed by atoms with Crippen molar-refractivity contribution >= 4 is 29.8 Å². The van der Waals surface area contributed by atoms with E-state index in [4.69, 9.17) is 9.47 Å². The zero-order valence-corrected chi connectivity index (χ0v) is 14.8. The number of amides is 1. The Kier molecular flexibility index (Phi) is 5.16. The van der Waals surface area contributed by atoms with Crippen LogP contribution in [0.25, 0.3) is 6.08 Å². The fourth-order valence-electron chi connectivity index (χ4n) is 2.63. The van der Waals surface area contributed by atoms with Crippen LogP contribution >= 0.6 is 0 Å². The molecule has 0 bridgehead atoms. The van der Waals surface area contributed by atoms with Gasteiger partial charge in [0.1, 0.15) is 0 Å². The molecule has 0 radical (unpaired) electrons. The maximum Gasteiger partial charge on any atom is 0.418 e.